The molecule has 0 aliphatic heterocycles. The number of thiocarbonyl (C=S) groups is 1. The van der Waals surface area contributed by atoms with Crippen molar-refractivity contribution in [3.63, 3.8) is 0 Å². The number of hydrogen-bond donors (Lipinski definition) is 0. The lowest BCUT2D eigenvalue weighted by Crippen LogP contribution is -1.98. The maximum atomic E-state index is 12.4. The van der Waals surface area contributed by atoms with E-state index in [9.17, 15) is 4.57 Å². The van der Waals surface area contributed by atoms with Crippen LogP contribution >= 0.6 is 20.0 Å². The highest BCUT2D eigenvalue weighted by molar-refractivity contribution is 7.78. The molecule has 0 unspecified atom stereocenters. The van der Waals surface area contributed by atoms with Gasteiger partial charge in [-0.05, 0) is 36.5 Å². The summed E-state index contributed by atoms with van der Waals surface area (Å²) in [5.41, 5.74) is 0. The molecule has 0 spiro atoms. The van der Waals surface area contributed by atoms with E-state index in [1.165, 1.54) is 0 Å². The number of nitrogens with zero attached hydrogens (tertiary/aromatic N) is 1. The molecule has 0 N–H and O–H groups in total. The Morgan fingerprint density at radius 2 is 1.29 bits per heavy atom. The van der Waals surface area contributed by atoms with Crippen molar-refractivity contribution in [3.8, 4) is 11.5 Å². The molecule has 0 aromatic heterocycles. The van der Waals surface area contributed by atoms with Crippen LogP contribution in [0.4, 0.5) is 0 Å². The van der Waals surface area contributed by atoms with Gasteiger partial charge in [0.2, 0.25) is 0 Å². The molecule has 0 saturated carbocycles. The van der Waals surface area contributed by atoms with Crippen LogP contribution in [-0.2, 0) is 4.57 Å². The normalized spacial score (nSPS) is 9.62. The molecule has 0 aliphatic rings. The molecule has 21 heavy (non-hydrogen) atoms. The first-order valence-corrected chi connectivity index (χ1v) is 8.31. The van der Waals surface area contributed by atoms with Crippen molar-refractivity contribution < 1.29 is 13.6 Å². The number of hydrogen-bond acceptors (Lipinski definition) is 4. The van der Waals surface area contributed by atoms with Crippen LogP contribution in [0.25, 0.3) is 0 Å². The van der Waals surface area contributed by atoms with Gasteiger partial charge in [0.1, 0.15) is 11.5 Å². The molecule has 0 amide bonds. The van der Waals surface area contributed by atoms with Crippen LogP contribution in [0.3, 0.4) is 0 Å². The standard InChI is InChI=1S/C13H10NO3PS.C2H6/c15-18(14-11-19,16-12-7-3-1-4-8-12)17-13-9-5-2-6-10-13;1-2/h1-10H;1-2H3. The molecule has 0 heterocycles. The van der Waals surface area contributed by atoms with Crippen molar-refractivity contribution in [2.45, 2.75) is 13.8 Å². The monoisotopic (exact) mass is 321 g/mol. The molecular formula is C15H16NO3PS. The summed E-state index contributed by atoms with van der Waals surface area (Å²) in [7, 11) is -3.75. The number of isothiocyanates is 1. The summed E-state index contributed by atoms with van der Waals surface area (Å²) in [6.07, 6.45) is 0. The molecule has 2 rings (SSSR count). The van der Waals surface area contributed by atoms with Gasteiger partial charge in [-0.15, -0.1) is 0 Å². The minimum atomic E-state index is -3.75. The van der Waals surface area contributed by atoms with Gasteiger partial charge in [-0.2, -0.15) is 0 Å². The number of benzene rings is 2. The van der Waals surface area contributed by atoms with Crippen LogP contribution < -0.4 is 9.05 Å². The first-order valence-electron chi connectivity index (χ1n) is 6.41. The highest BCUT2D eigenvalue weighted by atomic mass is 32.1. The lowest BCUT2D eigenvalue weighted by atomic mass is 10.3. The Kier molecular flexibility index (Phi) is 7.41. The quantitative estimate of drug-likeness (QED) is 0.421. The van der Waals surface area contributed by atoms with Crippen LogP contribution in [0.15, 0.2) is 65.4 Å². The zero-order valence-corrected chi connectivity index (χ0v) is 13.5. The predicted molar refractivity (Wildman–Crippen MR) is 88.1 cm³/mol. The Morgan fingerprint density at radius 3 is 1.62 bits per heavy atom. The zero-order valence-electron chi connectivity index (χ0n) is 11.8. The Morgan fingerprint density at radius 1 is 0.905 bits per heavy atom. The second-order valence-electron chi connectivity index (χ2n) is 3.47. The molecule has 2 aromatic carbocycles. The molecule has 0 radical (unpaired) electrons. The average molecular weight is 321 g/mol. The van der Waals surface area contributed by atoms with E-state index in [0.717, 1.165) is 0 Å². The minimum absolute atomic E-state index is 0.385. The van der Waals surface area contributed by atoms with Crippen LogP contribution in [-0.4, -0.2) is 5.16 Å². The summed E-state index contributed by atoms with van der Waals surface area (Å²) in [4.78, 5) is 0. The summed E-state index contributed by atoms with van der Waals surface area (Å²) in [5, 5.41) is 2.04. The second kappa shape index (κ2) is 9.09. The molecule has 0 saturated heterocycles. The highest BCUT2D eigenvalue weighted by Crippen LogP contribution is 2.49. The minimum Gasteiger partial charge on any atom is -0.399 e. The number of rotatable bonds is 5. The molecule has 0 bridgehead atoms. The van der Waals surface area contributed by atoms with Crippen molar-refractivity contribution in [1.82, 2.24) is 0 Å². The maximum absolute atomic E-state index is 12.4. The summed E-state index contributed by atoms with van der Waals surface area (Å²) >= 11 is 4.48. The van der Waals surface area contributed by atoms with Gasteiger partial charge in [0.05, 0.1) is 5.16 Å². The second-order valence-corrected chi connectivity index (χ2v) is 5.15. The Balaban J connectivity index is 0.00000106. The SMILES string of the molecule is CC.O=P(N=C=S)(Oc1ccccc1)Oc1ccccc1. The van der Waals surface area contributed by atoms with E-state index in [0.29, 0.717) is 11.5 Å². The van der Waals surface area contributed by atoms with Gasteiger partial charge in [-0.3, -0.25) is 0 Å². The van der Waals surface area contributed by atoms with Gasteiger partial charge in [-0.1, -0.05) is 55.0 Å². The third kappa shape index (κ3) is 5.92. The average Bonchev–Trinajstić information content (AvgIpc) is 2.51. The zero-order chi connectivity index (χ0) is 15.6. The van der Waals surface area contributed by atoms with Gasteiger partial charge in [0.25, 0.3) is 0 Å². The Labute approximate surface area is 130 Å². The van der Waals surface area contributed by atoms with E-state index in [1.54, 1.807) is 48.5 Å². The summed E-state index contributed by atoms with van der Waals surface area (Å²) < 4.78 is 26.5. The molecular weight excluding hydrogens is 305 g/mol. The van der Waals surface area contributed by atoms with E-state index in [1.807, 2.05) is 31.1 Å². The van der Waals surface area contributed by atoms with Gasteiger partial charge in [0, 0.05) is 0 Å². The van der Waals surface area contributed by atoms with Crippen molar-refractivity contribution >= 4 is 25.1 Å². The van der Waals surface area contributed by atoms with Gasteiger partial charge < -0.3 is 9.05 Å². The topological polar surface area (TPSA) is 47.9 Å². The number of para-hydroxylation sites is 2. The van der Waals surface area contributed by atoms with Crippen LogP contribution in [0, 0.1) is 0 Å². The fourth-order valence-electron chi connectivity index (χ4n) is 1.34. The van der Waals surface area contributed by atoms with E-state index in [4.69, 9.17) is 9.05 Å². The van der Waals surface area contributed by atoms with Crippen molar-refractivity contribution in [1.29, 1.82) is 0 Å². The first-order chi connectivity index (χ1) is 10.2. The molecule has 0 aliphatic carbocycles. The van der Waals surface area contributed by atoms with E-state index < -0.39 is 7.75 Å². The predicted octanol–water partition coefficient (Wildman–Crippen LogP) is 5.38. The van der Waals surface area contributed by atoms with Crippen molar-refractivity contribution in [2.24, 2.45) is 4.76 Å². The van der Waals surface area contributed by atoms with E-state index in [-0.39, 0.29) is 0 Å². The Bertz CT molecular complexity index is 582. The molecule has 2 aromatic rings. The van der Waals surface area contributed by atoms with Gasteiger partial charge in [0.15, 0.2) is 0 Å². The van der Waals surface area contributed by atoms with Crippen LogP contribution in [0.2, 0.25) is 0 Å². The fraction of sp³-hybridized carbons (Fsp3) is 0.133. The maximum Gasteiger partial charge on any atom is 0.572 e. The largest absolute Gasteiger partial charge is 0.572 e. The fourth-order valence-corrected chi connectivity index (χ4v) is 2.63. The summed E-state index contributed by atoms with van der Waals surface area (Å²) in [5.74, 6) is 0.770. The van der Waals surface area contributed by atoms with Gasteiger partial charge in [-0.25, -0.2) is 4.57 Å². The van der Waals surface area contributed by atoms with Crippen molar-refractivity contribution in [2.75, 3.05) is 0 Å². The first kappa shape index (κ1) is 17.1. The summed E-state index contributed by atoms with van der Waals surface area (Å²) in [6.45, 7) is 4.00. The van der Waals surface area contributed by atoms with Gasteiger partial charge >= 0.3 is 7.75 Å². The van der Waals surface area contributed by atoms with Crippen LogP contribution in [0.5, 0.6) is 11.5 Å². The molecule has 0 atom stereocenters. The highest BCUT2D eigenvalue weighted by Gasteiger charge is 2.27. The van der Waals surface area contributed by atoms with E-state index >= 15 is 0 Å². The smallest absolute Gasteiger partial charge is 0.399 e. The van der Waals surface area contributed by atoms with Crippen LogP contribution in [0.1, 0.15) is 13.8 Å². The lowest BCUT2D eigenvalue weighted by Gasteiger charge is -2.14. The summed E-state index contributed by atoms with van der Waals surface area (Å²) in [6, 6.07) is 17.3. The van der Waals surface area contributed by atoms with E-state index in [2.05, 4.69) is 17.0 Å². The third-order valence-electron chi connectivity index (χ3n) is 2.09. The molecule has 4 nitrogen and oxygen atoms in total. The van der Waals surface area contributed by atoms with Crippen molar-refractivity contribution in [3.05, 3.63) is 60.7 Å². The third-order valence-corrected chi connectivity index (χ3v) is 3.55. The molecule has 110 valence electrons. The Hall–Kier alpha value is -1.93. The lowest BCUT2D eigenvalue weighted by molar-refractivity contribution is 0.388. The molecule has 0 fully saturated rings. The molecule has 6 heteroatoms.